The third-order valence-electron chi connectivity index (χ3n) is 2.24. The predicted molar refractivity (Wildman–Crippen MR) is 38.5 cm³/mol. The van der Waals surface area contributed by atoms with Crippen molar-refractivity contribution in [3.8, 4) is 0 Å². The van der Waals surface area contributed by atoms with Gasteiger partial charge in [0.1, 0.15) is 0 Å². The molecule has 5 atom stereocenters. The molecule has 0 bridgehead atoms. The van der Waals surface area contributed by atoms with Gasteiger partial charge >= 0.3 is 92.7 Å². The van der Waals surface area contributed by atoms with E-state index in [-0.39, 0.29) is 36.2 Å². The Hall–Kier alpha value is 0.735. The molecule has 13 heavy (non-hydrogen) atoms. The van der Waals surface area contributed by atoms with Crippen molar-refractivity contribution in [2.45, 2.75) is 28.0 Å². The Morgan fingerprint density at radius 2 is 2.00 bits per heavy atom. The second-order valence-electron chi connectivity index (χ2n) is 3.11. The predicted octanol–water partition coefficient (Wildman–Crippen LogP) is -1.59. The van der Waals surface area contributed by atoms with Crippen LogP contribution in [0.5, 0.6) is 0 Å². The van der Waals surface area contributed by atoms with Gasteiger partial charge < -0.3 is 0 Å². The van der Waals surface area contributed by atoms with Crippen molar-refractivity contribution < 1.29 is 50.9 Å². The molecule has 0 saturated carbocycles. The zero-order valence-corrected chi connectivity index (χ0v) is 13.0. The van der Waals surface area contributed by atoms with Crippen molar-refractivity contribution in [1.82, 2.24) is 0 Å². The molecule has 1 aliphatic rings. The number of methoxy groups -OCH3 is 1. The number of hydrogen-bond acceptors (Lipinski definition) is 5. The van der Waals surface area contributed by atoms with Crippen LogP contribution in [0.25, 0.3) is 0 Å². The summed E-state index contributed by atoms with van der Waals surface area (Å²) in [4.78, 5) is 0. The number of aliphatic hydroxyl groups is 3. The van der Waals surface area contributed by atoms with Gasteiger partial charge in [0.15, 0.2) is 0 Å². The van der Waals surface area contributed by atoms with Gasteiger partial charge in [0.25, 0.3) is 0 Å². The van der Waals surface area contributed by atoms with Gasteiger partial charge in [-0.15, -0.1) is 0 Å². The number of rotatable bonds is 2. The number of ether oxygens (including phenoxy) is 2. The van der Waals surface area contributed by atoms with Gasteiger partial charge in [0.05, 0.1) is 0 Å². The summed E-state index contributed by atoms with van der Waals surface area (Å²) in [6, 6.07) is 0. The summed E-state index contributed by atoms with van der Waals surface area (Å²) in [5.74, 6) is 0. The van der Waals surface area contributed by atoms with Crippen LogP contribution >= 0.6 is 0 Å². The second-order valence-corrected chi connectivity index (χ2v) is 6.77. The SMILES string of the molecule is COC1OC(CO)C(O)C(O)[CH]1[Hg]. The third kappa shape index (κ3) is 2.40. The number of hydrogen-bond donors (Lipinski definition) is 3. The van der Waals surface area contributed by atoms with E-state index in [1.165, 1.54) is 7.11 Å². The Morgan fingerprint density at radius 3 is 2.46 bits per heavy atom. The first-order chi connectivity index (χ1) is 6.11. The van der Waals surface area contributed by atoms with Gasteiger partial charge in [0.2, 0.25) is 0 Å². The molecule has 0 spiro atoms. The summed E-state index contributed by atoms with van der Waals surface area (Å²) in [7, 11) is 1.49. The molecule has 1 saturated heterocycles. The van der Waals surface area contributed by atoms with Gasteiger partial charge in [-0.1, -0.05) is 0 Å². The molecule has 1 heterocycles. The maximum absolute atomic E-state index is 9.58. The van der Waals surface area contributed by atoms with Crippen LogP contribution in [0.1, 0.15) is 0 Å². The van der Waals surface area contributed by atoms with Gasteiger partial charge in [-0.3, -0.25) is 0 Å². The van der Waals surface area contributed by atoms with Crippen molar-refractivity contribution in [3.05, 3.63) is 0 Å². The molecule has 0 aromatic carbocycles. The van der Waals surface area contributed by atoms with Crippen molar-refractivity contribution in [1.29, 1.82) is 0 Å². The fraction of sp³-hybridized carbons (Fsp3) is 1.00. The van der Waals surface area contributed by atoms with Crippen LogP contribution in [-0.2, 0) is 35.6 Å². The Balaban J connectivity index is 2.66. The van der Waals surface area contributed by atoms with E-state index in [0.717, 1.165) is 0 Å². The molecule has 1 fully saturated rings. The van der Waals surface area contributed by atoms with E-state index < -0.39 is 24.6 Å². The maximum atomic E-state index is 9.58. The van der Waals surface area contributed by atoms with Crippen LogP contribution in [0.4, 0.5) is 0 Å². The zero-order chi connectivity index (χ0) is 10.0. The van der Waals surface area contributed by atoms with Crippen molar-refractivity contribution in [2.75, 3.05) is 13.7 Å². The first-order valence-corrected chi connectivity index (χ1v) is 7.27. The molecule has 0 aromatic heterocycles. The first kappa shape index (κ1) is 11.8. The van der Waals surface area contributed by atoms with Gasteiger partial charge in [0, 0.05) is 0 Å². The van der Waals surface area contributed by atoms with Crippen LogP contribution in [0.15, 0.2) is 0 Å². The molecule has 6 heteroatoms. The van der Waals surface area contributed by atoms with Crippen LogP contribution in [-0.4, -0.2) is 53.6 Å². The van der Waals surface area contributed by atoms with Crippen LogP contribution < -0.4 is 0 Å². The minimum atomic E-state index is -1.00. The molecule has 5 nitrogen and oxygen atoms in total. The van der Waals surface area contributed by atoms with E-state index in [1.54, 1.807) is 0 Å². The molecule has 1 aliphatic heterocycles. The molecule has 1 rings (SSSR count). The van der Waals surface area contributed by atoms with Crippen LogP contribution in [0.3, 0.4) is 0 Å². The average molecular weight is 378 g/mol. The second kappa shape index (κ2) is 5.00. The van der Waals surface area contributed by atoms with Gasteiger partial charge in [-0.05, 0) is 0 Å². The number of aliphatic hydroxyl groups excluding tert-OH is 3. The first-order valence-electron chi connectivity index (χ1n) is 4.10. The fourth-order valence-corrected chi connectivity index (χ4v) is 3.63. The third-order valence-corrected chi connectivity index (χ3v) is 5.61. The molecule has 0 radical (unpaired) electrons. The van der Waals surface area contributed by atoms with Gasteiger partial charge in [-0.25, -0.2) is 0 Å². The van der Waals surface area contributed by atoms with Gasteiger partial charge in [-0.2, -0.15) is 0 Å². The summed E-state index contributed by atoms with van der Waals surface area (Å²) < 4.78 is 10.1. The molecule has 0 aromatic rings. The van der Waals surface area contributed by atoms with Crippen LogP contribution in [0.2, 0.25) is 3.43 Å². The van der Waals surface area contributed by atoms with E-state index in [1.807, 2.05) is 0 Å². The Labute approximate surface area is 92.6 Å². The molecule has 5 unspecified atom stereocenters. The van der Waals surface area contributed by atoms with Crippen molar-refractivity contribution >= 4 is 0 Å². The normalized spacial score (nSPS) is 46.5. The monoisotopic (exact) mass is 379 g/mol. The summed E-state index contributed by atoms with van der Waals surface area (Å²) in [6.45, 7) is -0.307. The van der Waals surface area contributed by atoms with Crippen molar-refractivity contribution in [3.63, 3.8) is 0 Å². The summed E-state index contributed by atoms with van der Waals surface area (Å²) in [5.41, 5.74) is 0. The van der Waals surface area contributed by atoms with E-state index in [2.05, 4.69) is 0 Å². The Morgan fingerprint density at radius 1 is 1.38 bits per heavy atom. The molecule has 73 valence electrons. The summed E-state index contributed by atoms with van der Waals surface area (Å²) in [6.07, 6.45) is -3.06. The molecular weight excluding hydrogens is 365 g/mol. The fourth-order valence-electron chi connectivity index (χ4n) is 1.37. The molecular formula is C7H13HgO5. The van der Waals surface area contributed by atoms with Crippen LogP contribution in [0, 0.1) is 0 Å². The summed E-state index contributed by atoms with van der Waals surface area (Å²) >= 11 is 0.248. The summed E-state index contributed by atoms with van der Waals surface area (Å²) in [5, 5.41) is 27.9. The average Bonchev–Trinajstić information content (AvgIpc) is 2.15. The standard InChI is InChI=1S/C7H13O5.Hg/c1-11-6-2-4(9)7(10)5(3-8)12-6;/h2,4-10H,3H2,1H3;. The zero-order valence-electron chi connectivity index (χ0n) is 7.46. The molecule has 3 N–H and O–H groups in total. The Bertz CT molecular complexity index is 147. The van der Waals surface area contributed by atoms with Crippen molar-refractivity contribution in [2.24, 2.45) is 0 Å². The topological polar surface area (TPSA) is 79.2 Å². The molecule has 0 aliphatic carbocycles. The minimum absolute atomic E-state index is 0.109. The van der Waals surface area contributed by atoms with E-state index in [9.17, 15) is 10.2 Å². The Kier molecular flexibility index (Phi) is 4.54. The van der Waals surface area contributed by atoms with E-state index >= 15 is 0 Å². The van der Waals surface area contributed by atoms with E-state index in [0.29, 0.717) is 0 Å². The molecule has 0 amide bonds. The quantitative estimate of drug-likeness (QED) is 0.506. The van der Waals surface area contributed by atoms with E-state index in [4.69, 9.17) is 14.6 Å².